The standard InChI is InChI=1S/C14H19FN2OS/c1-4-14(2)7-8-19-13(17-14)16-10-5-6-11(15)12(9-10)18-3/h5-6,9H,4,7-8H2,1-3H3,(H,16,17). The number of ether oxygens (including phenoxy) is 1. The first-order chi connectivity index (χ1) is 9.06. The number of thioether (sulfide) groups is 1. The monoisotopic (exact) mass is 282 g/mol. The number of nitrogens with one attached hydrogen (secondary N) is 1. The number of hydrogen-bond acceptors (Lipinski definition) is 4. The molecule has 0 bridgehead atoms. The minimum Gasteiger partial charge on any atom is -0.494 e. The SMILES string of the molecule is CCC1(C)CCSC(Nc2ccc(F)c(OC)c2)=N1. The van der Waals surface area contributed by atoms with E-state index >= 15 is 0 Å². The Kier molecular flexibility index (Phi) is 4.34. The number of halogens is 1. The van der Waals surface area contributed by atoms with Crippen molar-refractivity contribution in [1.29, 1.82) is 0 Å². The van der Waals surface area contributed by atoms with Gasteiger partial charge in [-0.3, -0.25) is 4.99 Å². The summed E-state index contributed by atoms with van der Waals surface area (Å²) < 4.78 is 18.3. The summed E-state index contributed by atoms with van der Waals surface area (Å²) in [4.78, 5) is 4.74. The molecule has 3 nitrogen and oxygen atoms in total. The van der Waals surface area contributed by atoms with Crippen LogP contribution in [0.3, 0.4) is 0 Å². The van der Waals surface area contributed by atoms with Gasteiger partial charge in [-0.2, -0.15) is 0 Å². The summed E-state index contributed by atoms with van der Waals surface area (Å²) in [5.74, 6) is 0.934. The molecule has 0 saturated carbocycles. The summed E-state index contributed by atoms with van der Waals surface area (Å²) in [5.41, 5.74) is 0.808. The van der Waals surface area contributed by atoms with E-state index in [-0.39, 0.29) is 17.1 Å². The van der Waals surface area contributed by atoms with Gasteiger partial charge in [-0.05, 0) is 31.9 Å². The summed E-state index contributed by atoms with van der Waals surface area (Å²) >= 11 is 1.70. The van der Waals surface area contributed by atoms with E-state index in [0.29, 0.717) is 0 Å². The molecule has 1 unspecified atom stereocenters. The molecule has 0 aromatic heterocycles. The predicted octanol–water partition coefficient (Wildman–Crippen LogP) is 3.91. The number of anilines is 1. The largest absolute Gasteiger partial charge is 0.494 e. The van der Waals surface area contributed by atoms with Crippen molar-refractivity contribution in [2.24, 2.45) is 4.99 Å². The van der Waals surface area contributed by atoms with Gasteiger partial charge in [0.25, 0.3) is 0 Å². The van der Waals surface area contributed by atoms with Gasteiger partial charge in [-0.15, -0.1) is 0 Å². The van der Waals surface area contributed by atoms with E-state index in [0.717, 1.165) is 29.4 Å². The van der Waals surface area contributed by atoms with E-state index in [1.54, 1.807) is 23.9 Å². The van der Waals surface area contributed by atoms with Crippen LogP contribution in [0.5, 0.6) is 5.75 Å². The van der Waals surface area contributed by atoms with Crippen LogP contribution < -0.4 is 10.1 Å². The smallest absolute Gasteiger partial charge is 0.165 e. The molecule has 1 heterocycles. The summed E-state index contributed by atoms with van der Waals surface area (Å²) in [6.07, 6.45) is 2.11. The molecule has 0 fully saturated rings. The van der Waals surface area contributed by atoms with Gasteiger partial charge in [0.15, 0.2) is 16.7 Å². The van der Waals surface area contributed by atoms with Crippen molar-refractivity contribution in [3.8, 4) is 5.75 Å². The molecule has 1 aliphatic rings. The lowest BCUT2D eigenvalue weighted by molar-refractivity contribution is 0.387. The quantitative estimate of drug-likeness (QED) is 0.912. The van der Waals surface area contributed by atoms with Crippen molar-refractivity contribution in [1.82, 2.24) is 0 Å². The second-order valence-electron chi connectivity index (χ2n) is 4.84. The third-order valence-electron chi connectivity index (χ3n) is 3.41. The molecular weight excluding hydrogens is 263 g/mol. The maximum absolute atomic E-state index is 13.3. The molecular formula is C14H19FN2OS. The fourth-order valence-electron chi connectivity index (χ4n) is 1.88. The van der Waals surface area contributed by atoms with E-state index in [4.69, 9.17) is 9.73 Å². The number of aliphatic imine (C=N–C) groups is 1. The van der Waals surface area contributed by atoms with Crippen LogP contribution in [0.25, 0.3) is 0 Å². The molecule has 5 heteroatoms. The Hall–Kier alpha value is -1.23. The van der Waals surface area contributed by atoms with Crippen molar-refractivity contribution in [3.05, 3.63) is 24.0 Å². The van der Waals surface area contributed by atoms with Crippen LogP contribution >= 0.6 is 11.8 Å². The molecule has 1 atom stereocenters. The van der Waals surface area contributed by atoms with Crippen LogP contribution in [0, 0.1) is 5.82 Å². The number of amidine groups is 1. The lowest BCUT2D eigenvalue weighted by Crippen LogP contribution is -2.29. The first-order valence-corrected chi connectivity index (χ1v) is 7.38. The number of nitrogens with zero attached hydrogens (tertiary/aromatic N) is 1. The zero-order valence-corrected chi connectivity index (χ0v) is 12.3. The summed E-state index contributed by atoms with van der Waals surface area (Å²) in [6, 6.07) is 4.74. The van der Waals surface area contributed by atoms with Gasteiger partial charge in [-0.25, -0.2) is 4.39 Å². The van der Waals surface area contributed by atoms with Crippen molar-refractivity contribution in [2.45, 2.75) is 32.2 Å². The number of hydrogen-bond donors (Lipinski definition) is 1. The highest BCUT2D eigenvalue weighted by atomic mass is 32.2. The van der Waals surface area contributed by atoms with Gasteiger partial charge in [0.2, 0.25) is 0 Å². The van der Waals surface area contributed by atoms with Gasteiger partial charge >= 0.3 is 0 Å². The highest BCUT2D eigenvalue weighted by Crippen LogP contribution is 2.30. The van der Waals surface area contributed by atoms with Crippen molar-refractivity contribution < 1.29 is 9.13 Å². The van der Waals surface area contributed by atoms with Gasteiger partial charge in [0.05, 0.1) is 12.6 Å². The highest BCUT2D eigenvalue weighted by molar-refractivity contribution is 8.14. The van der Waals surface area contributed by atoms with Crippen LogP contribution in [0.1, 0.15) is 26.7 Å². The van der Waals surface area contributed by atoms with Crippen LogP contribution in [0.2, 0.25) is 0 Å². The molecule has 1 aromatic rings. The number of rotatable bonds is 3. The van der Waals surface area contributed by atoms with E-state index in [1.807, 2.05) is 0 Å². The topological polar surface area (TPSA) is 33.6 Å². The molecule has 0 saturated heterocycles. The zero-order valence-electron chi connectivity index (χ0n) is 11.5. The van der Waals surface area contributed by atoms with Crippen molar-refractivity contribution in [2.75, 3.05) is 18.2 Å². The fourth-order valence-corrected chi connectivity index (χ4v) is 3.09. The molecule has 104 valence electrons. The maximum Gasteiger partial charge on any atom is 0.165 e. The third kappa shape index (κ3) is 3.41. The normalized spacial score (nSPS) is 22.8. The molecule has 19 heavy (non-hydrogen) atoms. The number of benzene rings is 1. The Labute approximate surface area is 117 Å². The molecule has 1 aliphatic heterocycles. The van der Waals surface area contributed by atoms with Gasteiger partial charge < -0.3 is 10.1 Å². The van der Waals surface area contributed by atoms with Gasteiger partial charge in [0.1, 0.15) is 0 Å². The minimum atomic E-state index is -0.357. The van der Waals surface area contributed by atoms with Gasteiger partial charge in [0, 0.05) is 17.5 Å². The molecule has 1 aromatic carbocycles. The Morgan fingerprint density at radius 1 is 1.53 bits per heavy atom. The van der Waals surface area contributed by atoms with E-state index < -0.39 is 0 Å². The average molecular weight is 282 g/mol. The molecule has 1 N–H and O–H groups in total. The molecule has 2 rings (SSSR count). The zero-order chi connectivity index (χ0) is 13.9. The third-order valence-corrected chi connectivity index (χ3v) is 4.29. The lowest BCUT2D eigenvalue weighted by Gasteiger charge is -2.29. The predicted molar refractivity (Wildman–Crippen MR) is 79.8 cm³/mol. The summed E-state index contributed by atoms with van der Waals surface area (Å²) in [5, 5.41) is 4.13. The Morgan fingerprint density at radius 2 is 2.32 bits per heavy atom. The summed E-state index contributed by atoms with van der Waals surface area (Å²) in [7, 11) is 1.46. The Balaban J connectivity index is 2.17. The molecule has 0 aliphatic carbocycles. The first-order valence-electron chi connectivity index (χ1n) is 6.39. The molecule has 0 spiro atoms. The Bertz CT molecular complexity index is 492. The van der Waals surface area contributed by atoms with E-state index in [9.17, 15) is 4.39 Å². The second-order valence-corrected chi connectivity index (χ2v) is 5.92. The van der Waals surface area contributed by atoms with Crippen molar-refractivity contribution >= 4 is 22.6 Å². The highest BCUT2D eigenvalue weighted by Gasteiger charge is 2.25. The number of methoxy groups -OCH3 is 1. The minimum absolute atomic E-state index is 0.0116. The van der Waals surface area contributed by atoms with Crippen molar-refractivity contribution in [3.63, 3.8) is 0 Å². The van der Waals surface area contributed by atoms with Crippen LogP contribution in [-0.2, 0) is 0 Å². The van der Waals surface area contributed by atoms with Crippen LogP contribution in [0.15, 0.2) is 23.2 Å². The van der Waals surface area contributed by atoms with Crippen LogP contribution in [0.4, 0.5) is 10.1 Å². The maximum atomic E-state index is 13.3. The van der Waals surface area contributed by atoms with Gasteiger partial charge in [-0.1, -0.05) is 18.7 Å². The van der Waals surface area contributed by atoms with Crippen LogP contribution in [-0.4, -0.2) is 23.6 Å². The summed E-state index contributed by atoms with van der Waals surface area (Å²) in [6.45, 7) is 4.32. The molecule has 0 amide bonds. The molecule has 0 radical (unpaired) electrons. The Morgan fingerprint density at radius 3 is 3.00 bits per heavy atom. The first kappa shape index (κ1) is 14.2. The fraction of sp³-hybridized carbons (Fsp3) is 0.500. The van der Waals surface area contributed by atoms with E-state index in [2.05, 4.69) is 19.2 Å². The lowest BCUT2D eigenvalue weighted by atomic mass is 9.97. The second kappa shape index (κ2) is 5.82. The average Bonchev–Trinajstić information content (AvgIpc) is 2.41. The van der Waals surface area contributed by atoms with E-state index in [1.165, 1.54) is 13.2 Å².